The summed E-state index contributed by atoms with van der Waals surface area (Å²) < 4.78 is 54.3. The quantitative estimate of drug-likeness (QED) is 0.479. The van der Waals surface area contributed by atoms with Crippen LogP contribution in [0, 0.1) is 0 Å². The Labute approximate surface area is 211 Å². The van der Waals surface area contributed by atoms with Gasteiger partial charge in [0.1, 0.15) is 5.82 Å². The van der Waals surface area contributed by atoms with Gasteiger partial charge in [-0.25, -0.2) is 4.68 Å². The fourth-order valence-corrected chi connectivity index (χ4v) is 5.25. The standard InChI is InChI=1S/C26H27F3N4O4/c1-36-22-8-7-15(9-23(22)37-2)19-10-24(26(27,28)29)33-25(30-19)11-20(31-33)17-6-4-3-5-16(17)18-12-32(14-34)13-21(18)35/h3-9,11,14,18-19,21,24,30,35H,10,12-13H2,1-2H3. The van der Waals surface area contributed by atoms with Crippen molar-refractivity contribution in [1.29, 1.82) is 0 Å². The lowest BCUT2D eigenvalue weighted by Gasteiger charge is -2.33. The molecule has 196 valence electrons. The van der Waals surface area contributed by atoms with E-state index in [2.05, 4.69) is 10.4 Å². The van der Waals surface area contributed by atoms with Gasteiger partial charge >= 0.3 is 6.18 Å². The van der Waals surface area contributed by atoms with E-state index in [0.717, 1.165) is 10.2 Å². The highest BCUT2D eigenvalue weighted by atomic mass is 19.4. The molecular formula is C26H27F3N4O4. The highest BCUT2D eigenvalue weighted by molar-refractivity contribution is 5.69. The zero-order valence-electron chi connectivity index (χ0n) is 20.3. The van der Waals surface area contributed by atoms with E-state index in [1.165, 1.54) is 19.1 Å². The number of carbonyl (C=O) groups excluding carboxylic acids is 1. The summed E-state index contributed by atoms with van der Waals surface area (Å²) in [6.45, 7) is 0.521. The van der Waals surface area contributed by atoms with E-state index < -0.39 is 24.4 Å². The molecule has 5 rings (SSSR count). The Morgan fingerprint density at radius 2 is 1.84 bits per heavy atom. The van der Waals surface area contributed by atoms with Crippen LogP contribution in [0.25, 0.3) is 11.3 Å². The number of amides is 1. The van der Waals surface area contributed by atoms with Gasteiger partial charge in [0.2, 0.25) is 6.41 Å². The van der Waals surface area contributed by atoms with Crippen molar-refractivity contribution >= 4 is 12.2 Å². The Balaban J connectivity index is 1.53. The molecule has 1 saturated heterocycles. The molecule has 1 amide bonds. The molecule has 2 aliphatic heterocycles. The average molecular weight is 517 g/mol. The summed E-state index contributed by atoms with van der Waals surface area (Å²) in [4.78, 5) is 12.7. The number of methoxy groups -OCH3 is 2. The summed E-state index contributed by atoms with van der Waals surface area (Å²) in [6.07, 6.45) is -4.88. The topological polar surface area (TPSA) is 88.9 Å². The number of hydrogen-bond donors (Lipinski definition) is 2. The SMILES string of the molecule is COc1ccc(C2CC(C(F)(F)F)n3nc(-c4ccccc4C4CN(C=O)CC4O)cc3N2)cc1OC. The van der Waals surface area contributed by atoms with E-state index in [4.69, 9.17) is 9.47 Å². The summed E-state index contributed by atoms with van der Waals surface area (Å²) in [5.74, 6) is 0.782. The number of rotatable bonds is 6. The lowest BCUT2D eigenvalue weighted by Crippen LogP contribution is -2.35. The number of nitrogens with one attached hydrogen (secondary N) is 1. The zero-order chi connectivity index (χ0) is 26.3. The largest absolute Gasteiger partial charge is 0.493 e. The molecule has 3 aromatic rings. The number of hydrogen-bond acceptors (Lipinski definition) is 6. The maximum Gasteiger partial charge on any atom is 0.410 e. The third kappa shape index (κ3) is 4.59. The van der Waals surface area contributed by atoms with Crippen LogP contribution in [0.3, 0.4) is 0 Å². The van der Waals surface area contributed by atoms with Crippen LogP contribution in [-0.2, 0) is 4.79 Å². The first-order valence-corrected chi connectivity index (χ1v) is 11.8. The highest BCUT2D eigenvalue weighted by Crippen LogP contribution is 2.46. The van der Waals surface area contributed by atoms with Crippen LogP contribution in [-0.4, -0.2) is 65.8 Å². The molecule has 11 heteroatoms. The molecule has 0 saturated carbocycles. The molecule has 2 aliphatic rings. The van der Waals surface area contributed by atoms with Crippen LogP contribution < -0.4 is 14.8 Å². The van der Waals surface area contributed by atoms with Gasteiger partial charge in [-0.1, -0.05) is 30.3 Å². The molecule has 1 fully saturated rings. The smallest absolute Gasteiger partial charge is 0.410 e. The Bertz CT molecular complexity index is 1300. The number of aliphatic hydroxyl groups is 1. The van der Waals surface area contributed by atoms with Crippen molar-refractivity contribution in [3.05, 3.63) is 59.7 Å². The summed E-state index contributed by atoms with van der Waals surface area (Å²) in [7, 11) is 2.97. The Morgan fingerprint density at radius 1 is 1.08 bits per heavy atom. The number of fused-ring (bicyclic) bond motifs is 1. The van der Waals surface area contributed by atoms with Crippen molar-refractivity contribution in [3.63, 3.8) is 0 Å². The van der Waals surface area contributed by atoms with Gasteiger partial charge < -0.3 is 24.8 Å². The molecule has 2 N–H and O–H groups in total. The predicted molar refractivity (Wildman–Crippen MR) is 130 cm³/mol. The van der Waals surface area contributed by atoms with Crippen molar-refractivity contribution in [1.82, 2.24) is 14.7 Å². The molecule has 0 radical (unpaired) electrons. The van der Waals surface area contributed by atoms with Gasteiger partial charge in [-0.2, -0.15) is 18.3 Å². The Morgan fingerprint density at radius 3 is 2.51 bits per heavy atom. The molecule has 1 aromatic heterocycles. The van der Waals surface area contributed by atoms with Gasteiger partial charge in [-0.15, -0.1) is 0 Å². The van der Waals surface area contributed by atoms with Crippen molar-refractivity contribution in [2.75, 3.05) is 32.6 Å². The van der Waals surface area contributed by atoms with E-state index in [-0.39, 0.29) is 24.7 Å². The monoisotopic (exact) mass is 516 g/mol. The second-order valence-electron chi connectivity index (χ2n) is 9.28. The summed E-state index contributed by atoms with van der Waals surface area (Å²) >= 11 is 0. The minimum atomic E-state index is -4.53. The number of aromatic nitrogens is 2. The molecular weight excluding hydrogens is 489 g/mol. The lowest BCUT2D eigenvalue weighted by atomic mass is 9.90. The van der Waals surface area contributed by atoms with E-state index in [1.54, 1.807) is 42.5 Å². The van der Waals surface area contributed by atoms with Gasteiger partial charge in [-0.3, -0.25) is 4.79 Å². The van der Waals surface area contributed by atoms with E-state index >= 15 is 0 Å². The van der Waals surface area contributed by atoms with Gasteiger partial charge in [0.25, 0.3) is 0 Å². The third-order valence-corrected chi connectivity index (χ3v) is 7.10. The van der Waals surface area contributed by atoms with Crippen LogP contribution in [0.2, 0.25) is 0 Å². The number of nitrogens with zero attached hydrogens (tertiary/aromatic N) is 3. The first-order chi connectivity index (χ1) is 17.7. The van der Waals surface area contributed by atoms with Gasteiger partial charge in [0, 0.05) is 37.1 Å². The number of benzene rings is 2. The summed E-state index contributed by atoms with van der Waals surface area (Å²) in [5.41, 5.74) is 2.34. The number of anilines is 1. The normalized spacial score (nSPS) is 23.4. The predicted octanol–water partition coefficient (Wildman–Crippen LogP) is 4.14. The second-order valence-corrected chi connectivity index (χ2v) is 9.28. The van der Waals surface area contributed by atoms with Crippen LogP contribution in [0.15, 0.2) is 48.5 Å². The fourth-order valence-electron chi connectivity index (χ4n) is 5.25. The molecule has 0 bridgehead atoms. The molecule has 37 heavy (non-hydrogen) atoms. The minimum absolute atomic E-state index is 0.201. The molecule has 3 heterocycles. The van der Waals surface area contributed by atoms with E-state index in [0.29, 0.717) is 41.3 Å². The average Bonchev–Trinajstić information content (AvgIpc) is 3.50. The van der Waals surface area contributed by atoms with Gasteiger partial charge in [0.15, 0.2) is 17.5 Å². The number of halogens is 3. The maximum atomic E-state index is 14.2. The van der Waals surface area contributed by atoms with E-state index in [9.17, 15) is 23.1 Å². The number of aliphatic hydroxyl groups excluding tert-OH is 1. The van der Waals surface area contributed by atoms with E-state index in [1.807, 2.05) is 6.07 Å². The molecule has 8 nitrogen and oxygen atoms in total. The molecule has 0 spiro atoms. The minimum Gasteiger partial charge on any atom is -0.493 e. The summed E-state index contributed by atoms with van der Waals surface area (Å²) in [5, 5.41) is 18.1. The second kappa shape index (κ2) is 9.62. The number of carbonyl (C=O) groups is 1. The van der Waals surface area contributed by atoms with Crippen molar-refractivity contribution < 1.29 is 32.5 Å². The third-order valence-electron chi connectivity index (χ3n) is 7.10. The van der Waals surface area contributed by atoms with Crippen molar-refractivity contribution in [2.45, 2.75) is 36.7 Å². The maximum absolute atomic E-state index is 14.2. The molecule has 2 aromatic carbocycles. The Hall–Kier alpha value is -3.73. The van der Waals surface area contributed by atoms with Crippen LogP contribution in [0.1, 0.15) is 35.5 Å². The summed E-state index contributed by atoms with van der Waals surface area (Å²) in [6, 6.07) is 11.3. The lowest BCUT2D eigenvalue weighted by molar-refractivity contribution is -0.173. The first-order valence-electron chi connectivity index (χ1n) is 11.8. The highest BCUT2D eigenvalue weighted by Gasteiger charge is 2.47. The van der Waals surface area contributed by atoms with Crippen LogP contribution in [0.5, 0.6) is 11.5 Å². The first kappa shape index (κ1) is 24.9. The van der Waals surface area contributed by atoms with Crippen molar-refractivity contribution in [3.8, 4) is 22.8 Å². The number of likely N-dealkylation sites (tertiary alicyclic amines) is 1. The fraction of sp³-hybridized carbons (Fsp3) is 0.385. The number of ether oxygens (including phenoxy) is 2. The number of β-amino-alcohol motifs (C(OH)–C–C–N with tert-alkyl or cyclic N) is 1. The zero-order valence-corrected chi connectivity index (χ0v) is 20.3. The van der Waals surface area contributed by atoms with Gasteiger partial charge in [-0.05, 0) is 23.3 Å². The van der Waals surface area contributed by atoms with Gasteiger partial charge in [0.05, 0.1) is 32.1 Å². The Kier molecular flexibility index (Phi) is 6.49. The number of alkyl halides is 3. The van der Waals surface area contributed by atoms with Crippen LogP contribution in [0.4, 0.5) is 19.0 Å². The van der Waals surface area contributed by atoms with Crippen LogP contribution >= 0.6 is 0 Å². The molecule has 4 unspecified atom stereocenters. The van der Waals surface area contributed by atoms with Crippen molar-refractivity contribution in [2.24, 2.45) is 0 Å². The molecule has 4 atom stereocenters. The molecule has 0 aliphatic carbocycles.